The quantitative estimate of drug-likeness (QED) is 0.850. The molecule has 0 aromatic heterocycles. The molecule has 0 bridgehead atoms. The van der Waals surface area contributed by atoms with E-state index in [1.165, 1.54) is 0 Å². The van der Waals surface area contributed by atoms with E-state index < -0.39 is 11.3 Å². The second kappa shape index (κ2) is 3.67. The molecule has 0 radical (unpaired) electrons. The third-order valence-electron chi connectivity index (χ3n) is 3.35. The molecule has 4 heteroatoms. The number of alkyl halides is 2. The van der Waals surface area contributed by atoms with Crippen LogP contribution in [0.2, 0.25) is 5.02 Å². The van der Waals surface area contributed by atoms with Crippen LogP contribution >= 0.6 is 11.6 Å². The maximum Gasteiger partial charge on any atom is 0.250 e. The second-order valence-corrected chi connectivity index (χ2v) is 5.01. The molecule has 0 saturated heterocycles. The highest BCUT2D eigenvalue weighted by Crippen LogP contribution is 2.54. The minimum Gasteiger partial charge on any atom is -0.330 e. The highest BCUT2D eigenvalue weighted by molar-refractivity contribution is 6.32. The van der Waals surface area contributed by atoms with E-state index in [0.717, 1.165) is 11.1 Å². The van der Waals surface area contributed by atoms with Crippen LogP contribution in [0.3, 0.4) is 0 Å². The summed E-state index contributed by atoms with van der Waals surface area (Å²) in [4.78, 5) is 0. The first-order valence-electron chi connectivity index (χ1n) is 5.24. The van der Waals surface area contributed by atoms with Gasteiger partial charge in [-0.15, -0.1) is 0 Å². The van der Waals surface area contributed by atoms with Gasteiger partial charge in [0.1, 0.15) is 0 Å². The lowest BCUT2D eigenvalue weighted by Gasteiger charge is -2.47. The summed E-state index contributed by atoms with van der Waals surface area (Å²) < 4.78 is 26.1. The second-order valence-electron chi connectivity index (χ2n) is 4.63. The largest absolute Gasteiger partial charge is 0.330 e. The van der Waals surface area contributed by atoms with E-state index in [1.807, 2.05) is 19.1 Å². The number of hydrogen-bond acceptors (Lipinski definition) is 1. The first-order chi connectivity index (χ1) is 7.40. The number of nitrogens with two attached hydrogens (primary N) is 1. The average molecular weight is 246 g/mol. The first-order valence-corrected chi connectivity index (χ1v) is 5.61. The number of rotatable bonds is 2. The molecule has 1 aromatic rings. The van der Waals surface area contributed by atoms with Crippen LogP contribution < -0.4 is 5.73 Å². The van der Waals surface area contributed by atoms with Crippen molar-refractivity contribution in [3.8, 4) is 0 Å². The van der Waals surface area contributed by atoms with Crippen molar-refractivity contribution in [3.05, 3.63) is 34.3 Å². The number of halogens is 3. The summed E-state index contributed by atoms with van der Waals surface area (Å²) in [5.41, 5.74) is 6.69. The Balaban J connectivity index is 2.40. The van der Waals surface area contributed by atoms with E-state index in [4.69, 9.17) is 17.3 Å². The fourth-order valence-corrected chi connectivity index (χ4v) is 2.77. The van der Waals surface area contributed by atoms with Gasteiger partial charge >= 0.3 is 0 Å². The van der Waals surface area contributed by atoms with E-state index in [-0.39, 0.29) is 19.4 Å². The molecule has 1 aromatic carbocycles. The van der Waals surface area contributed by atoms with Crippen LogP contribution in [0.5, 0.6) is 0 Å². The zero-order valence-electron chi connectivity index (χ0n) is 9.06. The molecule has 16 heavy (non-hydrogen) atoms. The molecule has 0 unspecified atom stereocenters. The van der Waals surface area contributed by atoms with Crippen LogP contribution in [0.25, 0.3) is 0 Å². The summed E-state index contributed by atoms with van der Waals surface area (Å²) in [6.45, 7) is 2.08. The molecule has 2 rings (SSSR count). The Labute approximate surface area is 98.6 Å². The SMILES string of the molecule is Cc1cccc(C2(CN)CC(F)(F)C2)c1Cl. The van der Waals surface area contributed by atoms with Gasteiger partial charge in [0.05, 0.1) is 0 Å². The van der Waals surface area contributed by atoms with Gasteiger partial charge in [0.15, 0.2) is 0 Å². The molecule has 0 atom stereocenters. The smallest absolute Gasteiger partial charge is 0.250 e. The lowest BCUT2D eigenvalue weighted by Crippen LogP contribution is -2.53. The minimum atomic E-state index is -2.59. The Morgan fingerprint density at radius 3 is 2.50 bits per heavy atom. The molecule has 1 saturated carbocycles. The molecule has 1 nitrogen and oxygen atoms in total. The van der Waals surface area contributed by atoms with E-state index in [0.29, 0.717) is 5.02 Å². The predicted octanol–water partition coefficient (Wildman–Crippen LogP) is 3.27. The Bertz CT molecular complexity index is 409. The highest BCUT2D eigenvalue weighted by atomic mass is 35.5. The molecular weight excluding hydrogens is 232 g/mol. The Kier molecular flexibility index (Phi) is 2.71. The van der Waals surface area contributed by atoms with Crippen LogP contribution in [0.1, 0.15) is 24.0 Å². The normalized spacial score (nSPS) is 21.6. The van der Waals surface area contributed by atoms with Gasteiger partial charge in [-0.2, -0.15) is 0 Å². The average Bonchev–Trinajstić information content (AvgIpc) is 2.18. The predicted molar refractivity (Wildman–Crippen MR) is 61.1 cm³/mol. The van der Waals surface area contributed by atoms with E-state index >= 15 is 0 Å². The van der Waals surface area contributed by atoms with Crippen molar-refractivity contribution in [2.75, 3.05) is 6.54 Å². The van der Waals surface area contributed by atoms with Gasteiger partial charge in [-0.05, 0) is 18.1 Å². The molecule has 1 fully saturated rings. The number of benzene rings is 1. The van der Waals surface area contributed by atoms with Crippen molar-refractivity contribution in [1.82, 2.24) is 0 Å². The fraction of sp³-hybridized carbons (Fsp3) is 0.500. The van der Waals surface area contributed by atoms with Crippen molar-refractivity contribution >= 4 is 11.6 Å². The van der Waals surface area contributed by atoms with Gasteiger partial charge in [0, 0.05) is 29.8 Å². The van der Waals surface area contributed by atoms with Crippen molar-refractivity contribution in [1.29, 1.82) is 0 Å². The van der Waals surface area contributed by atoms with Gasteiger partial charge in [-0.1, -0.05) is 29.8 Å². The third kappa shape index (κ3) is 1.72. The molecule has 2 N–H and O–H groups in total. The molecule has 88 valence electrons. The molecule has 0 aliphatic heterocycles. The minimum absolute atomic E-state index is 0.195. The zero-order valence-corrected chi connectivity index (χ0v) is 9.82. The van der Waals surface area contributed by atoms with Gasteiger partial charge < -0.3 is 5.73 Å². The third-order valence-corrected chi connectivity index (χ3v) is 3.85. The molecular formula is C12H14ClF2N. The maximum atomic E-state index is 13.0. The van der Waals surface area contributed by atoms with Crippen molar-refractivity contribution in [2.45, 2.75) is 31.1 Å². The Hall–Kier alpha value is -0.670. The standard InChI is InChI=1S/C12H14ClF2N/c1-8-3-2-4-9(10(8)13)11(7-16)5-12(14,15)6-11/h2-4H,5-7,16H2,1H3. The molecule has 0 heterocycles. The van der Waals surface area contributed by atoms with Gasteiger partial charge in [0.25, 0.3) is 0 Å². The molecule has 0 spiro atoms. The first kappa shape index (κ1) is 11.8. The van der Waals surface area contributed by atoms with Crippen molar-refractivity contribution in [3.63, 3.8) is 0 Å². The zero-order chi connectivity index (χ0) is 12.0. The monoisotopic (exact) mass is 245 g/mol. The topological polar surface area (TPSA) is 26.0 Å². The van der Waals surface area contributed by atoms with Crippen LogP contribution in [-0.2, 0) is 5.41 Å². The Morgan fingerprint density at radius 1 is 1.38 bits per heavy atom. The van der Waals surface area contributed by atoms with E-state index in [1.54, 1.807) is 6.07 Å². The summed E-state index contributed by atoms with van der Waals surface area (Å²) in [5, 5.41) is 0.573. The van der Waals surface area contributed by atoms with Crippen LogP contribution in [-0.4, -0.2) is 12.5 Å². The summed E-state index contributed by atoms with van der Waals surface area (Å²) >= 11 is 6.16. The fourth-order valence-electron chi connectivity index (χ4n) is 2.44. The summed E-state index contributed by atoms with van der Waals surface area (Å²) in [6, 6.07) is 5.51. The van der Waals surface area contributed by atoms with Crippen LogP contribution in [0.15, 0.2) is 18.2 Å². The summed E-state index contributed by atoms with van der Waals surface area (Å²) in [7, 11) is 0. The van der Waals surface area contributed by atoms with E-state index in [9.17, 15) is 8.78 Å². The highest BCUT2D eigenvalue weighted by Gasteiger charge is 2.57. The van der Waals surface area contributed by atoms with Crippen molar-refractivity contribution < 1.29 is 8.78 Å². The molecule has 1 aliphatic rings. The van der Waals surface area contributed by atoms with Gasteiger partial charge in [-0.3, -0.25) is 0 Å². The molecule has 0 amide bonds. The lowest BCUT2D eigenvalue weighted by molar-refractivity contribution is -0.123. The number of hydrogen-bond donors (Lipinski definition) is 1. The van der Waals surface area contributed by atoms with Crippen LogP contribution in [0.4, 0.5) is 8.78 Å². The van der Waals surface area contributed by atoms with Crippen LogP contribution in [0, 0.1) is 6.92 Å². The van der Waals surface area contributed by atoms with Gasteiger partial charge in [0.2, 0.25) is 5.92 Å². The summed E-state index contributed by atoms with van der Waals surface area (Å²) in [5.74, 6) is -2.59. The summed E-state index contributed by atoms with van der Waals surface area (Å²) in [6.07, 6.45) is -0.390. The maximum absolute atomic E-state index is 13.0. The van der Waals surface area contributed by atoms with E-state index in [2.05, 4.69) is 0 Å². The lowest BCUT2D eigenvalue weighted by atomic mass is 9.62. The molecule has 1 aliphatic carbocycles. The van der Waals surface area contributed by atoms with Gasteiger partial charge in [-0.25, -0.2) is 8.78 Å². The van der Waals surface area contributed by atoms with Crippen molar-refractivity contribution in [2.24, 2.45) is 5.73 Å². The number of aryl methyl sites for hydroxylation is 1. The Morgan fingerprint density at radius 2 is 2.00 bits per heavy atom.